The maximum Gasteiger partial charge on any atom is 0.129 e. The molecule has 0 spiro atoms. The van der Waals surface area contributed by atoms with Crippen molar-refractivity contribution < 1.29 is 4.79 Å². The number of unbranched alkanes of at least 4 members (excludes halogenated alkanes) is 2. The molecule has 0 N–H and O–H groups in total. The molecule has 0 aliphatic carbocycles. The predicted molar refractivity (Wildman–Crippen MR) is 47.2 cm³/mol. The second kappa shape index (κ2) is 7.00. The Balaban J connectivity index is 2.98. The van der Waals surface area contributed by atoms with Crippen molar-refractivity contribution >= 4 is 21.7 Å². The fraction of sp³-hybridized carbons (Fsp3) is 0.625. The number of carbonyl (C=O) groups is 1. The quantitative estimate of drug-likeness (QED) is 0.630. The summed E-state index contributed by atoms with van der Waals surface area (Å²) in [5.74, 6) is 0.294. The van der Waals surface area contributed by atoms with Crippen LogP contribution in [0.5, 0.6) is 0 Å². The molecule has 0 aliphatic rings. The Bertz CT molecular complexity index is 118. The fourth-order valence-electron chi connectivity index (χ4n) is 0.699. The summed E-state index contributed by atoms with van der Waals surface area (Å²) in [5.41, 5.74) is 0. The van der Waals surface area contributed by atoms with Crippen molar-refractivity contribution in [1.82, 2.24) is 0 Å². The van der Waals surface area contributed by atoms with E-state index in [2.05, 4.69) is 22.0 Å². The van der Waals surface area contributed by atoms with Gasteiger partial charge in [0.1, 0.15) is 5.78 Å². The number of Topliss-reactive ketones (excluding diaryl/α,β-unsaturated/α-hetero) is 1. The average Bonchev–Trinajstić information content (AvgIpc) is 1.87. The molecule has 0 radical (unpaired) electrons. The molecular weight excluding hydrogens is 192 g/mol. The summed E-state index contributed by atoms with van der Waals surface area (Å²) in [6.45, 7) is 1.64. The van der Waals surface area contributed by atoms with Crippen LogP contribution in [0.3, 0.4) is 0 Å². The highest BCUT2D eigenvalue weighted by Crippen LogP contribution is 2.01. The summed E-state index contributed by atoms with van der Waals surface area (Å²) in [4.78, 5) is 12.3. The first-order valence-corrected chi connectivity index (χ1v) is 4.43. The molecule has 0 aromatic rings. The van der Waals surface area contributed by atoms with E-state index in [1.54, 1.807) is 6.92 Å². The molecule has 0 amide bonds. The molecule has 1 nitrogen and oxygen atoms in total. The van der Waals surface area contributed by atoms with Crippen molar-refractivity contribution in [3.63, 3.8) is 0 Å². The first kappa shape index (κ1) is 9.89. The molecule has 0 aromatic heterocycles. The van der Waals surface area contributed by atoms with Gasteiger partial charge in [0.05, 0.1) is 0 Å². The highest BCUT2D eigenvalue weighted by molar-refractivity contribution is 9.11. The molecule has 0 aromatic carbocycles. The number of rotatable bonds is 5. The van der Waals surface area contributed by atoms with Gasteiger partial charge in [0.15, 0.2) is 0 Å². The molecule has 0 saturated carbocycles. The second-order valence-corrected chi connectivity index (χ2v) is 2.84. The van der Waals surface area contributed by atoms with E-state index in [0.29, 0.717) is 5.78 Å². The van der Waals surface area contributed by atoms with E-state index in [9.17, 15) is 4.79 Å². The van der Waals surface area contributed by atoms with Crippen molar-refractivity contribution in [1.29, 1.82) is 0 Å². The standard InChI is InChI=1S/C8H13BrO/c1-8(10)6-4-2-3-5-7-9/h5,7H,2-4,6H2,1H3. The first-order chi connectivity index (χ1) is 4.77. The van der Waals surface area contributed by atoms with Crippen LogP contribution < -0.4 is 0 Å². The van der Waals surface area contributed by atoms with Gasteiger partial charge in [0.2, 0.25) is 0 Å². The number of halogens is 1. The lowest BCUT2D eigenvalue weighted by Crippen LogP contribution is -1.88. The summed E-state index contributed by atoms with van der Waals surface area (Å²) in [5, 5.41) is 0. The Hall–Kier alpha value is -0.110. The Morgan fingerprint density at radius 3 is 2.70 bits per heavy atom. The van der Waals surface area contributed by atoms with Crippen molar-refractivity contribution in [2.45, 2.75) is 32.6 Å². The number of hydrogen-bond donors (Lipinski definition) is 0. The third-order valence-electron chi connectivity index (χ3n) is 1.24. The van der Waals surface area contributed by atoms with E-state index in [0.717, 1.165) is 25.7 Å². The molecule has 2 heteroatoms. The molecule has 0 aliphatic heterocycles. The molecule has 0 atom stereocenters. The van der Waals surface area contributed by atoms with Crippen LogP contribution in [0, 0.1) is 0 Å². The van der Waals surface area contributed by atoms with Crippen molar-refractivity contribution in [2.24, 2.45) is 0 Å². The zero-order valence-electron chi connectivity index (χ0n) is 6.27. The van der Waals surface area contributed by atoms with Crippen molar-refractivity contribution in [3.05, 3.63) is 11.1 Å². The number of ketones is 1. The van der Waals surface area contributed by atoms with Crippen LogP contribution >= 0.6 is 15.9 Å². The highest BCUT2D eigenvalue weighted by Gasteiger charge is 1.90. The van der Waals surface area contributed by atoms with Crippen LogP contribution in [0.2, 0.25) is 0 Å². The lowest BCUT2D eigenvalue weighted by Gasteiger charge is -1.92. The molecule has 58 valence electrons. The second-order valence-electron chi connectivity index (χ2n) is 2.31. The normalized spacial score (nSPS) is 10.6. The first-order valence-electron chi connectivity index (χ1n) is 3.52. The molecule has 0 bridgehead atoms. The van der Waals surface area contributed by atoms with E-state index >= 15 is 0 Å². The average molecular weight is 205 g/mol. The molecule has 0 saturated heterocycles. The summed E-state index contributed by atoms with van der Waals surface area (Å²) >= 11 is 3.18. The van der Waals surface area contributed by atoms with Gasteiger partial charge in [-0.05, 0) is 31.2 Å². The predicted octanol–water partition coefficient (Wildman–Crippen LogP) is 3.04. The van der Waals surface area contributed by atoms with Gasteiger partial charge in [-0.25, -0.2) is 0 Å². The van der Waals surface area contributed by atoms with Gasteiger partial charge in [-0.2, -0.15) is 0 Å². The Morgan fingerprint density at radius 2 is 2.20 bits per heavy atom. The monoisotopic (exact) mass is 204 g/mol. The Morgan fingerprint density at radius 1 is 1.50 bits per heavy atom. The van der Waals surface area contributed by atoms with Crippen LogP contribution in [-0.2, 0) is 4.79 Å². The van der Waals surface area contributed by atoms with Gasteiger partial charge in [-0.15, -0.1) is 0 Å². The van der Waals surface area contributed by atoms with Gasteiger partial charge < -0.3 is 4.79 Å². The minimum Gasteiger partial charge on any atom is -0.300 e. The van der Waals surface area contributed by atoms with Gasteiger partial charge in [-0.1, -0.05) is 22.0 Å². The number of carbonyl (C=O) groups excluding carboxylic acids is 1. The van der Waals surface area contributed by atoms with E-state index in [-0.39, 0.29) is 0 Å². The van der Waals surface area contributed by atoms with E-state index in [4.69, 9.17) is 0 Å². The molecule has 0 fully saturated rings. The minimum absolute atomic E-state index is 0.294. The Kier molecular flexibility index (Phi) is 6.93. The van der Waals surface area contributed by atoms with Gasteiger partial charge in [0.25, 0.3) is 0 Å². The summed E-state index contributed by atoms with van der Waals surface area (Å²) in [7, 11) is 0. The topological polar surface area (TPSA) is 17.1 Å². The van der Waals surface area contributed by atoms with Crippen LogP contribution in [0.4, 0.5) is 0 Å². The smallest absolute Gasteiger partial charge is 0.129 e. The molecule has 10 heavy (non-hydrogen) atoms. The largest absolute Gasteiger partial charge is 0.300 e. The lowest BCUT2D eigenvalue weighted by molar-refractivity contribution is -0.117. The minimum atomic E-state index is 0.294. The van der Waals surface area contributed by atoms with Gasteiger partial charge in [-0.3, -0.25) is 0 Å². The zero-order valence-corrected chi connectivity index (χ0v) is 7.86. The van der Waals surface area contributed by atoms with E-state index < -0.39 is 0 Å². The number of allylic oxidation sites excluding steroid dienone is 1. The zero-order chi connectivity index (χ0) is 7.82. The van der Waals surface area contributed by atoms with Crippen molar-refractivity contribution in [3.8, 4) is 0 Å². The number of hydrogen-bond acceptors (Lipinski definition) is 1. The van der Waals surface area contributed by atoms with E-state index in [1.165, 1.54) is 0 Å². The molecule has 0 unspecified atom stereocenters. The maximum atomic E-state index is 10.4. The fourth-order valence-corrected chi connectivity index (χ4v) is 0.963. The third kappa shape index (κ3) is 7.89. The van der Waals surface area contributed by atoms with Crippen LogP contribution in [0.15, 0.2) is 11.1 Å². The molecule has 0 rings (SSSR count). The highest BCUT2D eigenvalue weighted by atomic mass is 79.9. The van der Waals surface area contributed by atoms with Gasteiger partial charge >= 0.3 is 0 Å². The molecule has 0 heterocycles. The van der Waals surface area contributed by atoms with Gasteiger partial charge in [0, 0.05) is 6.42 Å². The molecular formula is C8H13BrO. The van der Waals surface area contributed by atoms with Crippen LogP contribution in [-0.4, -0.2) is 5.78 Å². The third-order valence-corrected chi connectivity index (χ3v) is 1.61. The summed E-state index contributed by atoms with van der Waals surface area (Å²) in [6, 6.07) is 0. The Labute approximate surface area is 70.6 Å². The SMILES string of the molecule is CC(=O)CCCCC=CBr. The summed E-state index contributed by atoms with van der Waals surface area (Å²) < 4.78 is 0. The van der Waals surface area contributed by atoms with Crippen molar-refractivity contribution in [2.75, 3.05) is 0 Å². The summed E-state index contributed by atoms with van der Waals surface area (Å²) in [6.07, 6.45) is 5.99. The maximum absolute atomic E-state index is 10.4. The van der Waals surface area contributed by atoms with Crippen LogP contribution in [0.25, 0.3) is 0 Å². The van der Waals surface area contributed by atoms with E-state index in [1.807, 2.05) is 4.99 Å². The van der Waals surface area contributed by atoms with Crippen LogP contribution in [0.1, 0.15) is 32.6 Å². The lowest BCUT2D eigenvalue weighted by atomic mass is 10.1.